The van der Waals surface area contributed by atoms with Crippen molar-refractivity contribution >= 4 is 23.3 Å². The van der Waals surface area contributed by atoms with Gasteiger partial charge in [0.1, 0.15) is 0 Å². The van der Waals surface area contributed by atoms with Gasteiger partial charge in [-0.25, -0.2) is 4.79 Å². The van der Waals surface area contributed by atoms with Crippen LogP contribution in [0.25, 0.3) is 0 Å². The Morgan fingerprint density at radius 2 is 1.78 bits per heavy atom. The number of aromatic nitrogens is 1. The minimum Gasteiger partial charge on any atom is -0.449 e. The van der Waals surface area contributed by atoms with Crippen LogP contribution in [0.3, 0.4) is 0 Å². The molecule has 2 rings (SSSR count). The molecule has 1 atom stereocenters. The third-order valence-electron chi connectivity index (χ3n) is 3.11. The van der Waals surface area contributed by atoms with Crippen molar-refractivity contribution in [2.45, 2.75) is 20.0 Å². The number of ether oxygens (including phenoxy) is 1. The Morgan fingerprint density at radius 1 is 1.09 bits per heavy atom. The van der Waals surface area contributed by atoms with Crippen molar-refractivity contribution in [3.63, 3.8) is 0 Å². The number of hydrogen-bond acceptors (Lipinski definition) is 5. The van der Waals surface area contributed by atoms with E-state index in [1.165, 1.54) is 38.4 Å². The molecule has 0 radical (unpaired) electrons. The fourth-order valence-electron chi connectivity index (χ4n) is 1.83. The first kappa shape index (κ1) is 16.4. The lowest BCUT2D eigenvalue weighted by Gasteiger charge is -2.13. The maximum Gasteiger partial charge on any atom is 0.339 e. The summed E-state index contributed by atoms with van der Waals surface area (Å²) in [5, 5.41) is 2.61. The Balaban J connectivity index is 1.99. The van der Waals surface area contributed by atoms with Crippen LogP contribution in [0.4, 0.5) is 5.69 Å². The Morgan fingerprint density at radius 3 is 2.43 bits per heavy atom. The van der Waals surface area contributed by atoms with Gasteiger partial charge in [0.2, 0.25) is 0 Å². The summed E-state index contributed by atoms with van der Waals surface area (Å²) in [7, 11) is 0. The van der Waals surface area contributed by atoms with Gasteiger partial charge in [0.05, 0.1) is 5.56 Å². The number of hydrogen-bond donors (Lipinski definition) is 1. The fraction of sp³-hybridized carbons (Fsp3) is 0.176. The van der Waals surface area contributed by atoms with Gasteiger partial charge in [-0.05, 0) is 38.1 Å². The van der Waals surface area contributed by atoms with Crippen molar-refractivity contribution in [3.05, 3.63) is 59.9 Å². The van der Waals surface area contributed by atoms with E-state index in [4.69, 9.17) is 4.74 Å². The van der Waals surface area contributed by atoms with Crippen LogP contribution < -0.4 is 5.32 Å². The lowest BCUT2D eigenvalue weighted by atomic mass is 10.1. The minimum atomic E-state index is -0.975. The first-order chi connectivity index (χ1) is 11.0. The summed E-state index contributed by atoms with van der Waals surface area (Å²) in [5.74, 6) is -1.18. The van der Waals surface area contributed by atoms with Crippen LogP contribution in [0.15, 0.2) is 48.8 Å². The van der Waals surface area contributed by atoms with E-state index in [0.29, 0.717) is 16.8 Å². The lowest BCUT2D eigenvalue weighted by molar-refractivity contribution is -0.123. The number of nitrogens with one attached hydrogen (secondary N) is 1. The summed E-state index contributed by atoms with van der Waals surface area (Å²) in [6.45, 7) is 2.92. The summed E-state index contributed by atoms with van der Waals surface area (Å²) >= 11 is 0. The minimum absolute atomic E-state index is 0.0988. The van der Waals surface area contributed by atoms with Crippen LogP contribution in [0.5, 0.6) is 0 Å². The Hall–Kier alpha value is -3.02. The number of Topliss-reactive ketones (excluding diaryl/α,β-unsaturated/α-hetero) is 1. The molecule has 1 amide bonds. The van der Waals surface area contributed by atoms with E-state index in [0.717, 1.165) is 0 Å². The Labute approximate surface area is 133 Å². The van der Waals surface area contributed by atoms with E-state index in [9.17, 15) is 14.4 Å². The van der Waals surface area contributed by atoms with E-state index >= 15 is 0 Å². The molecule has 0 aliphatic heterocycles. The van der Waals surface area contributed by atoms with Gasteiger partial charge in [0.25, 0.3) is 5.91 Å². The van der Waals surface area contributed by atoms with Crippen LogP contribution in [0, 0.1) is 0 Å². The number of rotatable bonds is 5. The summed E-state index contributed by atoms with van der Waals surface area (Å²) < 4.78 is 5.10. The number of carbonyl (C=O) groups is 3. The molecule has 6 heteroatoms. The Bertz CT molecular complexity index is 728. The molecule has 0 saturated heterocycles. The van der Waals surface area contributed by atoms with E-state index in [2.05, 4.69) is 10.3 Å². The van der Waals surface area contributed by atoms with Gasteiger partial charge in [-0.3, -0.25) is 14.6 Å². The number of benzene rings is 1. The zero-order valence-corrected chi connectivity index (χ0v) is 12.8. The number of nitrogens with zero attached hydrogens (tertiary/aromatic N) is 1. The molecule has 1 aromatic carbocycles. The maximum absolute atomic E-state index is 12.1. The van der Waals surface area contributed by atoms with Crippen LogP contribution in [0.1, 0.15) is 34.6 Å². The Kier molecular flexibility index (Phi) is 5.19. The summed E-state index contributed by atoms with van der Waals surface area (Å²) in [5.41, 5.74) is 1.27. The normalized spacial score (nSPS) is 11.4. The van der Waals surface area contributed by atoms with E-state index in [1.807, 2.05) is 0 Å². The number of carbonyl (C=O) groups excluding carboxylic acids is 3. The molecule has 1 heterocycles. The number of pyridine rings is 1. The summed E-state index contributed by atoms with van der Waals surface area (Å²) in [6, 6.07) is 9.55. The predicted molar refractivity (Wildman–Crippen MR) is 84.2 cm³/mol. The second-order valence-electron chi connectivity index (χ2n) is 4.91. The summed E-state index contributed by atoms with van der Waals surface area (Å²) in [4.78, 5) is 39.1. The predicted octanol–water partition coefficient (Wildman–Crippen LogP) is 2.47. The molecule has 0 aliphatic carbocycles. The van der Waals surface area contributed by atoms with Crippen molar-refractivity contribution in [2.75, 3.05) is 5.32 Å². The standard InChI is InChI=1S/C17H16N2O4/c1-11(20)14-4-3-5-15(10-14)19-16(21)12(2)23-17(22)13-6-8-18-9-7-13/h3-10,12H,1-2H3,(H,19,21)/t12-/m1/s1. The fourth-order valence-corrected chi connectivity index (χ4v) is 1.83. The van der Waals surface area contributed by atoms with Crippen molar-refractivity contribution in [1.29, 1.82) is 0 Å². The molecular weight excluding hydrogens is 296 g/mol. The smallest absolute Gasteiger partial charge is 0.339 e. The van der Waals surface area contributed by atoms with Gasteiger partial charge in [-0.15, -0.1) is 0 Å². The number of ketones is 1. The molecular formula is C17H16N2O4. The van der Waals surface area contributed by atoms with Gasteiger partial charge >= 0.3 is 5.97 Å². The SMILES string of the molecule is CC(=O)c1cccc(NC(=O)[C@@H](C)OC(=O)c2ccncc2)c1. The van der Waals surface area contributed by atoms with E-state index in [-0.39, 0.29) is 5.78 Å². The first-order valence-electron chi connectivity index (χ1n) is 7.00. The quantitative estimate of drug-likeness (QED) is 0.677. The topological polar surface area (TPSA) is 85.4 Å². The summed E-state index contributed by atoms with van der Waals surface area (Å²) in [6.07, 6.45) is 1.96. The highest BCUT2D eigenvalue weighted by Gasteiger charge is 2.19. The molecule has 0 spiro atoms. The number of esters is 1. The monoisotopic (exact) mass is 312 g/mol. The van der Waals surface area contributed by atoms with E-state index < -0.39 is 18.0 Å². The average molecular weight is 312 g/mol. The molecule has 0 aliphatic rings. The molecule has 2 aromatic rings. The third-order valence-corrected chi connectivity index (χ3v) is 3.11. The van der Waals surface area contributed by atoms with Crippen molar-refractivity contribution in [2.24, 2.45) is 0 Å². The van der Waals surface area contributed by atoms with Crippen LogP contribution >= 0.6 is 0 Å². The van der Waals surface area contributed by atoms with Crippen molar-refractivity contribution in [1.82, 2.24) is 4.98 Å². The molecule has 23 heavy (non-hydrogen) atoms. The van der Waals surface area contributed by atoms with Crippen molar-refractivity contribution in [3.8, 4) is 0 Å². The molecule has 1 N–H and O–H groups in total. The van der Waals surface area contributed by atoms with Gasteiger partial charge in [0.15, 0.2) is 11.9 Å². The van der Waals surface area contributed by atoms with Crippen LogP contribution in [-0.2, 0) is 9.53 Å². The molecule has 0 fully saturated rings. The second kappa shape index (κ2) is 7.31. The second-order valence-corrected chi connectivity index (χ2v) is 4.91. The largest absolute Gasteiger partial charge is 0.449 e. The lowest BCUT2D eigenvalue weighted by Crippen LogP contribution is -2.30. The maximum atomic E-state index is 12.1. The van der Waals surface area contributed by atoms with Crippen LogP contribution in [0.2, 0.25) is 0 Å². The average Bonchev–Trinajstić information content (AvgIpc) is 2.55. The van der Waals surface area contributed by atoms with Gasteiger partial charge in [0, 0.05) is 23.6 Å². The van der Waals surface area contributed by atoms with E-state index in [1.54, 1.807) is 24.3 Å². The zero-order valence-electron chi connectivity index (χ0n) is 12.8. The third kappa shape index (κ3) is 4.47. The molecule has 1 aromatic heterocycles. The first-order valence-corrected chi connectivity index (χ1v) is 7.00. The molecule has 0 bridgehead atoms. The number of amides is 1. The molecule has 0 unspecified atom stereocenters. The molecule has 6 nitrogen and oxygen atoms in total. The van der Waals surface area contributed by atoms with Crippen LogP contribution in [-0.4, -0.2) is 28.7 Å². The number of anilines is 1. The van der Waals surface area contributed by atoms with Gasteiger partial charge in [-0.2, -0.15) is 0 Å². The van der Waals surface area contributed by atoms with Crippen molar-refractivity contribution < 1.29 is 19.1 Å². The van der Waals surface area contributed by atoms with Gasteiger partial charge in [-0.1, -0.05) is 12.1 Å². The zero-order chi connectivity index (χ0) is 16.8. The highest BCUT2D eigenvalue weighted by atomic mass is 16.5. The highest BCUT2D eigenvalue weighted by Crippen LogP contribution is 2.12. The molecule has 118 valence electrons. The highest BCUT2D eigenvalue weighted by molar-refractivity contribution is 5.99. The molecule has 0 saturated carbocycles. The van der Waals surface area contributed by atoms with Gasteiger partial charge < -0.3 is 10.1 Å².